The molecule has 3 rings (SSSR count). The van der Waals surface area contributed by atoms with Gasteiger partial charge in [0.15, 0.2) is 5.75 Å². The lowest BCUT2D eigenvalue weighted by molar-refractivity contribution is 0.0325. The molecule has 1 aliphatic heterocycles. The van der Waals surface area contributed by atoms with E-state index in [0.29, 0.717) is 18.3 Å². The van der Waals surface area contributed by atoms with E-state index in [0.717, 1.165) is 18.7 Å². The molecule has 19 heavy (non-hydrogen) atoms. The van der Waals surface area contributed by atoms with E-state index in [9.17, 15) is 5.11 Å². The minimum atomic E-state index is -0.825. The summed E-state index contributed by atoms with van der Waals surface area (Å²) in [6.45, 7) is 5.82. The maximum atomic E-state index is 11.1. The van der Waals surface area contributed by atoms with Gasteiger partial charge in [-0.1, -0.05) is 0 Å². The number of ether oxygens (including phenoxy) is 1. The Labute approximate surface area is 114 Å². The van der Waals surface area contributed by atoms with Crippen LogP contribution in [-0.2, 0) is 5.60 Å². The first-order valence-electron chi connectivity index (χ1n) is 7.13. The van der Waals surface area contributed by atoms with Gasteiger partial charge < -0.3 is 9.84 Å². The third-order valence-electron chi connectivity index (χ3n) is 4.25. The average molecular weight is 265 g/mol. The molecule has 0 bridgehead atoms. The van der Waals surface area contributed by atoms with Gasteiger partial charge in [0.25, 0.3) is 0 Å². The van der Waals surface area contributed by atoms with Crippen LogP contribution in [0.25, 0.3) is 0 Å². The van der Waals surface area contributed by atoms with Crippen LogP contribution in [0.4, 0.5) is 0 Å². The monoisotopic (exact) mass is 265 g/mol. The Morgan fingerprint density at radius 3 is 2.79 bits per heavy atom. The summed E-state index contributed by atoms with van der Waals surface area (Å²) in [5.41, 5.74) is 0.0162. The molecular weight excluding hydrogens is 242 g/mol. The van der Waals surface area contributed by atoms with Gasteiger partial charge in [0, 0.05) is 25.2 Å². The second-order valence-electron chi connectivity index (χ2n) is 6.08. The van der Waals surface area contributed by atoms with Crippen molar-refractivity contribution in [3.05, 3.63) is 11.9 Å². The number of hydrogen-bond acceptors (Lipinski definition) is 4. The van der Waals surface area contributed by atoms with Gasteiger partial charge in [-0.3, -0.25) is 9.58 Å². The van der Waals surface area contributed by atoms with Crippen LogP contribution in [0, 0.1) is 0 Å². The lowest BCUT2D eigenvalue weighted by atomic mass is 9.97. The highest BCUT2D eigenvalue weighted by molar-refractivity contribution is 5.33. The van der Waals surface area contributed by atoms with Crippen LogP contribution in [-0.4, -0.2) is 46.0 Å². The van der Waals surface area contributed by atoms with E-state index in [2.05, 4.69) is 23.8 Å². The SMILES string of the molecule is COc1cnn(C(C)C)c1C1(O)CCN(C2CC2)C1. The molecule has 2 heterocycles. The number of hydrogen-bond donors (Lipinski definition) is 1. The van der Waals surface area contributed by atoms with E-state index >= 15 is 0 Å². The van der Waals surface area contributed by atoms with Crippen LogP contribution in [0.2, 0.25) is 0 Å². The van der Waals surface area contributed by atoms with Crippen LogP contribution in [0.5, 0.6) is 5.75 Å². The molecule has 5 nitrogen and oxygen atoms in total. The van der Waals surface area contributed by atoms with Crippen molar-refractivity contribution in [2.75, 3.05) is 20.2 Å². The van der Waals surface area contributed by atoms with Crippen LogP contribution >= 0.6 is 0 Å². The number of aliphatic hydroxyl groups is 1. The standard InChI is InChI=1S/C14H23N3O2/c1-10(2)17-13(12(19-3)8-15-17)14(18)6-7-16(9-14)11-4-5-11/h8,10-11,18H,4-7,9H2,1-3H3. The van der Waals surface area contributed by atoms with Crippen molar-refractivity contribution < 1.29 is 9.84 Å². The summed E-state index contributed by atoms with van der Waals surface area (Å²) < 4.78 is 7.30. The van der Waals surface area contributed by atoms with Crippen LogP contribution in [0.3, 0.4) is 0 Å². The van der Waals surface area contributed by atoms with Gasteiger partial charge in [-0.25, -0.2) is 0 Å². The largest absolute Gasteiger partial charge is 0.493 e. The Bertz CT molecular complexity index is 467. The van der Waals surface area contributed by atoms with E-state index in [1.54, 1.807) is 13.3 Å². The molecule has 1 saturated heterocycles. The van der Waals surface area contributed by atoms with Crippen molar-refractivity contribution in [3.63, 3.8) is 0 Å². The van der Waals surface area contributed by atoms with Crippen molar-refractivity contribution in [3.8, 4) is 5.75 Å². The van der Waals surface area contributed by atoms with Crippen LogP contribution in [0.1, 0.15) is 44.8 Å². The molecule has 5 heteroatoms. The summed E-state index contributed by atoms with van der Waals surface area (Å²) in [4.78, 5) is 2.40. The van der Waals surface area contributed by atoms with Gasteiger partial charge in [0.1, 0.15) is 11.3 Å². The second kappa shape index (κ2) is 4.49. The van der Waals surface area contributed by atoms with Gasteiger partial charge in [-0.05, 0) is 33.1 Å². The Balaban J connectivity index is 1.93. The second-order valence-corrected chi connectivity index (χ2v) is 6.08. The molecule has 2 aliphatic rings. The van der Waals surface area contributed by atoms with Crippen molar-refractivity contribution >= 4 is 0 Å². The molecular formula is C14H23N3O2. The molecule has 0 aromatic carbocycles. The smallest absolute Gasteiger partial charge is 0.163 e. The Kier molecular flexibility index (Phi) is 3.06. The van der Waals surface area contributed by atoms with E-state index in [4.69, 9.17) is 4.74 Å². The quantitative estimate of drug-likeness (QED) is 0.897. The third-order valence-corrected chi connectivity index (χ3v) is 4.25. The van der Waals surface area contributed by atoms with Gasteiger partial charge >= 0.3 is 0 Å². The van der Waals surface area contributed by atoms with Crippen molar-refractivity contribution in [1.29, 1.82) is 0 Å². The predicted molar refractivity (Wildman–Crippen MR) is 72.3 cm³/mol. The fourth-order valence-corrected chi connectivity index (χ4v) is 3.10. The summed E-state index contributed by atoms with van der Waals surface area (Å²) >= 11 is 0. The lowest BCUT2D eigenvalue weighted by Gasteiger charge is -2.26. The highest BCUT2D eigenvalue weighted by Gasteiger charge is 2.46. The van der Waals surface area contributed by atoms with Crippen molar-refractivity contribution in [1.82, 2.24) is 14.7 Å². The molecule has 1 aromatic heterocycles. The van der Waals surface area contributed by atoms with Gasteiger partial charge in [0.05, 0.1) is 13.3 Å². The number of aromatic nitrogens is 2. The first-order valence-corrected chi connectivity index (χ1v) is 7.13. The van der Waals surface area contributed by atoms with Crippen LogP contribution < -0.4 is 4.74 Å². The average Bonchev–Trinajstić information content (AvgIpc) is 2.99. The van der Waals surface area contributed by atoms with E-state index in [1.165, 1.54) is 12.8 Å². The number of nitrogens with zero attached hydrogens (tertiary/aromatic N) is 3. The van der Waals surface area contributed by atoms with Crippen molar-refractivity contribution in [2.45, 2.75) is 50.8 Å². The predicted octanol–water partition coefficient (Wildman–Crippen LogP) is 1.53. The molecule has 106 valence electrons. The highest BCUT2D eigenvalue weighted by Crippen LogP contribution is 2.41. The van der Waals surface area contributed by atoms with E-state index < -0.39 is 5.60 Å². The fourth-order valence-electron chi connectivity index (χ4n) is 3.10. The minimum absolute atomic E-state index is 0.220. The topological polar surface area (TPSA) is 50.5 Å². The maximum absolute atomic E-state index is 11.1. The van der Waals surface area contributed by atoms with Gasteiger partial charge in [-0.2, -0.15) is 5.10 Å². The Hall–Kier alpha value is -1.07. The molecule has 0 amide bonds. The molecule has 2 fully saturated rings. The summed E-state index contributed by atoms with van der Waals surface area (Å²) in [5.74, 6) is 0.703. The first-order chi connectivity index (χ1) is 9.05. The summed E-state index contributed by atoms with van der Waals surface area (Å²) in [7, 11) is 1.64. The summed E-state index contributed by atoms with van der Waals surface area (Å²) in [6, 6.07) is 0.911. The number of β-amino-alcohol motifs (C(OH)–C–C–N with tert-alkyl or cyclic N) is 1. The summed E-state index contributed by atoms with van der Waals surface area (Å²) in [6.07, 6.45) is 5.03. The first kappa shape index (κ1) is 12.9. The fraction of sp³-hybridized carbons (Fsp3) is 0.786. The summed E-state index contributed by atoms with van der Waals surface area (Å²) in [5, 5.41) is 15.4. The van der Waals surface area contributed by atoms with E-state index in [1.807, 2.05) is 4.68 Å². The molecule has 1 aliphatic carbocycles. The van der Waals surface area contributed by atoms with Gasteiger partial charge in [-0.15, -0.1) is 0 Å². The zero-order valence-electron chi connectivity index (χ0n) is 12.0. The molecule has 1 saturated carbocycles. The highest BCUT2D eigenvalue weighted by atomic mass is 16.5. The van der Waals surface area contributed by atoms with Gasteiger partial charge in [0.2, 0.25) is 0 Å². The molecule has 1 N–H and O–H groups in total. The minimum Gasteiger partial charge on any atom is -0.493 e. The normalized spacial score (nSPS) is 28.3. The van der Waals surface area contributed by atoms with Crippen LogP contribution in [0.15, 0.2) is 6.20 Å². The van der Waals surface area contributed by atoms with E-state index in [-0.39, 0.29) is 6.04 Å². The number of methoxy groups -OCH3 is 1. The zero-order chi connectivity index (χ0) is 13.6. The molecule has 1 unspecified atom stereocenters. The maximum Gasteiger partial charge on any atom is 0.163 e. The zero-order valence-corrected chi connectivity index (χ0v) is 12.0. The third kappa shape index (κ3) is 2.15. The number of rotatable bonds is 4. The van der Waals surface area contributed by atoms with Crippen molar-refractivity contribution in [2.24, 2.45) is 0 Å². The Morgan fingerprint density at radius 1 is 1.47 bits per heavy atom. The number of likely N-dealkylation sites (tertiary alicyclic amines) is 1. The molecule has 1 aromatic rings. The lowest BCUT2D eigenvalue weighted by Crippen LogP contribution is -2.34. The Morgan fingerprint density at radius 2 is 2.21 bits per heavy atom. The molecule has 0 radical (unpaired) electrons. The molecule has 1 atom stereocenters. The molecule has 0 spiro atoms.